The van der Waals surface area contributed by atoms with Crippen molar-refractivity contribution in [3.63, 3.8) is 0 Å². The van der Waals surface area contributed by atoms with Gasteiger partial charge in [-0.3, -0.25) is 4.79 Å². The van der Waals surface area contributed by atoms with Crippen molar-refractivity contribution in [3.05, 3.63) is 60.8 Å². The highest BCUT2D eigenvalue weighted by molar-refractivity contribution is 5.76. The van der Waals surface area contributed by atoms with Crippen LogP contribution in [0.25, 0.3) is 0 Å². The number of carbonyl (C=O) groups excluding carboxylic acids is 1. The first-order valence-electron chi connectivity index (χ1n) is 32.0. The lowest BCUT2D eigenvalue weighted by Crippen LogP contribution is -2.45. The molecule has 416 valence electrons. The van der Waals surface area contributed by atoms with E-state index in [0.717, 1.165) is 51.4 Å². The van der Waals surface area contributed by atoms with Gasteiger partial charge in [0, 0.05) is 6.42 Å². The number of nitrogens with one attached hydrogen (secondary N) is 1. The normalized spacial score (nSPS) is 13.1. The van der Waals surface area contributed by atoms with E-state index in [2.05, 4.69) is 67.8 Å². The molecule has 0 aromatic rings. The second kappa shape index (κ2) is 62.4. The van der Waals surface area contributed by atoms with Crippen molar-refractivity contribution >= 4 is 5.91 Å². The van der Waals surface area contributed by atoms with E-state index >= 15 is 0 Å². The molecule has 0 aliphatic carbocycles. The fraction of sp³-hybridized carbons (Fsp3) is 0.836. The number of hydrogen-bond donors (Lipinski definition) is 3. The molecule has 0 aliphatic rings. The highest BCUT2D eigenvalue weighted by atomic mass is 16.3. The molecule has 0 aromatic heterocycles. The van der Waals surface area contributed by atoms with Crippen LogP contribution in [-0.4, -0.2) is 34.9 Å². The zero-order valence-electron chi connectivity index (χ0n) is 48.0. The van der Waals surface area contributed by atoms with E-state index in [1.807, 2.05) is 6.08 Å². The van der Waals surface area contributed by atoms with Crippen molar-refractivity contribution in [1.29, 1.82) is 0 Å². The fourth-order valence-corrected chi connectivity index (χ4v) is 9.94. The second-order valence-corrected chi connectivity index (χ2v) is 21.8. The second-order valence-electron chi connectivity index (χ2n) is 21.8. The van der Waals surface area contributed by atoms with Gasteiger partial charge in [0.05, 0.1) is 18.8 Å². The van der Waals surface area contributed by atoms with Gasteiger partial charge in [0.25, 0.3) is 0 Å². The highest BCUT2D eigenvalue weighted by Gasteiger charge is 2.18. The van der Waals surface area contributed by atoms with Gasteiger partial charge in [-0.05, 0) is 57.8 Å². The molecule has 0 fully saturated rings. The van der Waals surface area contributed by atoms with Crippen LogP contribution < -0.4 is 5.32 Å². The Balaban J connectivity index is 3.45. The van der Waals surface area contributed by atoms with Gasteiger partial charge in [0.15, 0.2) is 0 Å². The summed E-state index contributed by atoms with van der Waals surface area (Å²) in [6, 6.07) is -0.625. The maximum Gasteiger partial charge on any atom is 0.220 e. The summed E-state index contributed by atoms with van der Waals surface area (Å²) in [7, 11) is 0. The Labute approximate surface area is 445 Å². The summed E-state index contributed by atoms with van der Waals surface area (Å²) in [5.41, 5.74) is 0. The van der Waals surface area contributed by atoms with Gasteiger partial charge < -0.3 is 15.5 Å². The number of aliphatic hydroxyl groups excluding tert-OH is 2. The van der Waals surface area contributed by atoms with Crippen LogP contribution in [0.3, 0.4) is 0 Å². The van der Waals surface area contributed by atoms with Gasteiger partial charge in [-0.15, -0.1) is 0 Å². The molecule has 0 aromatic carbocycles. The number of unbranched alkanes of at least 4 members (excludes halogenated alkanes) is 44. The van der Waals surface area contributed by atoms with Crippen LogP contribution in [0.5, 0.6) is 0 Å². The van der Waals surface area contributed by atoms with Crippen molar-refractivity contribution in [2.45, 2.75) is 353 Å². The van der Waals surface area contributed by atoms with Gasteiger partial charge in [0.2, 0.25) is 5.91 Å². The molecule has 2 atom stereocenters. The standard InChI is InChI=1S/C67H125NO3/c1-3-5-7-9-11-13-15-17-19-21-23-25-27-29-31-33-35-36-38-40-42-44-46-48-50-52-54-56-58-60-62-66(70)65(64-69)68-67(71)63-61-59-57-55-53-51-49-47-45-43-41-39-37-34-32-30-28-26-24-22-20-18-16-14-12-10-8-6-4-2/h6,8,12,14,18,20,24,26,60,62,65-66,69-70H,3-5,7,9-11,13,15-17,19,21-23,25,27-59,61,63-64H2,1-2H3,(H,68,71)/b8-6-,14-12-,20-18-,26-24-,62-60+. The Morgan fingerprint density at radius 1 is 0.352 bits per heavy atom. The first-order chi connectivity index (χ1) is 35.2. The molecule has 3 N–H and O–H groups in total. The Bertz CT molecular complexity index is 1170. The van der Waals surface area contributed by atoms with Gasteiger partial charge in [-0.2, -0.15) is 0 Å². The first kappa shape index (κ1) is 69.1. The summed E-state index contributed by atoms with van der Waals surface area (Å²) in [6.45, 7) is 4.23. The van der Waals surface area contributed by atoms with Crippen LogP contribution in [0, 0.1) is 0 Å². The quantitative estimate of drug-likeness (QED) is 0.0420. The van der Waals surface area contributed by atoms with E-state index in [4.69, 9.17) is 0 Å². The van der Waals surface area contributed by atoms with Crippen molar-refractivity contribution in [2.24, 2.45) is 0 Å². The number of carbonyl (C=O) groups is 1. The van der Waals surface area contributed by atoms with Gasteiger partial charge in [-0.25, -0.2) is 0 Å². The zero-order valence-corrected chi connectivity index (χ0v) is 48.0. The molecule has 0 heterocycles. The summed E-state index contributed by atoms with van der Waals surface area (Å²) in [5.74, 6) is -0.0602. The molecule has 71 heavy (non-hydrogen) atoms. The Morgan fingerprint density at radius 2 is 0.620 bits per heavy atom. The molecule has 0 spiro atoms. The lowest BCUT2D eigenvalue weighted by atomic mass is 10.0. The molecule has 0 radical (unpaired) electrons. The number of aliphatic hydroxyl groups is 2. The summed E-state index contributed by atoms with van der Waals surface area (Å²) < 4.78 is 0. The summed E-state index contributed by atoms with van der Waals surface area (Å²) >= 11 is 0. The van der Waals surface area contributed by atoms with Crippen LogP contribution in [0.1, 0.15) is 341 Å². The monoisotopic (exact) mass is 992 g/mol. The Kier molecular flexibility index (Phi) is 60.7. The van der Waals surface area contributed by atoms with Crippen molar-refractivity contribution < 1.29 is 15.0 Å². The molecule has 4 nitrogen and oxygen atoms in total. The van der Waals surface area contributed by atoms with Crippen molar-refractivity contribution in [3.8, 4) is 0 Å². The van der Waals surface area contributed by atoms with Gasteiger partial charge in [-0.1, -0.05) is 338 Å². The van der Waals surface area contributed by atoms with E-state index in [9.17, 15) is 15.0 Å². The fourth-order valence-electron chi connectivity index (χ4n) is 9.94. The predicted octanol–water partition coefficient (Wildman–Crippen LogP) is 21.5. The molecule has 0 saturated carbocycles. The van der Waals surface area contributed by atoms with Crippen LogP contribution >= 0.6 is 0 Å². The van der Waals surface area contributed by atoms with Gasteiger partial charge in [0.1, 0.15) is 0 Å². The smallest absolute Gasteiger partial charge is 0.220 e. The van der Waals surface area contributed by atoms with E-state index in [0.29, 0.717) is 6.42 Å². The molecular weight excluding hydrogens is 867 g/mol. The van der Waals surface area contributed by atoms with Crippen LogP contribution in [0.15, 0.2) is 60.8 Å². The van der Waals surface area contributed by atoms with Crippen LogP contribution in [-0.2, 0) is 4.79 Å². The lowest BCUT2D eigenvalue weighted by Gasteiger charge is -2.20. The number of hydrogen-bond acceptors (Lipinski definition) is 3. The number of allylic oxidation sites excluding steroid dienone is 9. The zero-order chi connectivity index (χ0) is 51.3. The largest absolute Gasteiger partial charge is 0.394 e. The van der Waals surface area contributed by atoms with Gasteiger partial charge >= 0.3 is 0 Å². The van der Waals surface area contributed by atoms with E-state index in [-0.39, 0.29) is 12.5 Å². The maximum absolute atomic E-state index is 12.5. The molecule has 0 rings (SSSR count). The average molecular weight is 993 g/mol. The molecule has 0 bridgehead atoms. The molecule has 0 aliphatic heterocycles. The average Bonchev–Trinajstić information content (AvgIpc) is 3.37. The van der Waals surface area contributed by atoms with Crippen molar-refractivity contribution in [1.82, 2.24) is 5.32 Å². The number of amides is 1. The molecule has 2 unspecified atom stereocenters. The van der Waals surface area contributed by atoms with Crippen molar-refractivity contribution in [2.75, 3.05) is 6.61 Å². The maximum atomic E-state index is 12.5. The van der Waals surface area contributed by atoms with Crippen LogP contribution in [0.4, 0.5) is 0 Å². The SMILES string of the molecule is CC/C=C\C/C=C\C/C=C\C/C=C\CCCCCCCCCCCCCCCCCCC(=O)NC(CO)C(O)/C=C/CCCCCCCCCCCCCCCCCCCCCCCCCCCCCC. The van der Waals surface area contributed by atoms with E-state index in [1.165, 1.54) is 270 Å². The topological polar surface area (TPSA) is 69.6 Å². The minimum Gasteiger partial charge on any atom is -0.394 e. The Morgan fingerprint density at radius 3 is 0.930 bits per heavy atom. The third-order valence-corrected chi connectivity index (χ3v) is 14.8. The molecular formula is C67H125NO3. The minimum atomic E-state index is -0.842. The highest BCUT2D eigenvalue weighted by Crippen LogP contribution is 2.18. The lowest BCUT2D eigenvalue weighted by molar-refractivity contribution is -0.123. The molecule has 4 heteroatoms. The summed E-state index contributed by atoms with van der Waals surface area (Å²) in [5, 5.41) is 23.3. The summed E-state index contributed by atoms with van der Waals surface area (Å²) in [4.78, 5) is 12.5. The third kappa shape index (κ3) is 58.8. The Hall–Kier alpha value is -1.91. The minimum absolute atomic E-state index is 0.0602. The first-order valence-corrected chi connectivity index (χ1v) is 32.0. The van der Waals surface area contributed by atoms with E-state index in [1.54, 1.807) is 6.08 Å². The third-order valence-electron chi connectivity index (χ3n) is 14.8. The molecule has 0 saturated heterocycles. The summed E-state index contributed by atoms with van der Waals surface area (Å²) in [6.07, 6.45) is 88.5. The van der Waals surface area contributed by atoms with Crippen LogP contribution in [0.2, 0.25) is 0 Å². The van der Waals surface area contributed by atoms with E-state index < -0.39 is 12.1 Å². The predicted molar refractivity (Wildman–Crippen MR) is 318 cm³/mol. The number of rotatable bonds is 59. The molecule has 1 amide bonds.